The lowest BCUT2D eigenvalue weighted by Gasteiger charge is -2.28. The molecule has 0 radical (unpaired) electrons. The third-order valence-electron chi connectivity index (χ3n) is 5.80. The van der Waals surface area contributed by atoms with Crippen molar-refractivity contribution in [3.8, 4) is 5.75 Å². The van der Waals surface area contributed by atoms with Gasteiger partial charge in [-0.2, -0.15) is 0 Å². The first-order chi connectivity index (χ1) is 18.0. The van der Waals surface area contributed by atoms with Crippen molar-refractivity contribution in [3.63, 3.8) is 0 Å². The number of anilines is 2. The van der Waals surface area contributed by atoms with E-state index in [1.54, 1.807) is 48.0 Å². The maximum absolute atomic E-state index is 13.5. The number of fused-ring (bicyclic) bond motifs is 1. The van der Waals surface area contributed by atoms with Crippen LogP contribution >= 0.6 is 11.3 Å². The molecule has 3 amide bonds. The Morgan fingerprint density at radius 3 is 2.76 bits per heavy atom. The Morgan fingerprint density at radius 1 is 1.11 bits per heavy atom. The number of pyridine rings is 3. The molecule has 11 heteroatoms. The number of ether oxygens (including phenoxy) is 1. The Morgan fingerprint density at radius 2 is 2.00 bits per heavy atom. The van der Waals surface area contributed by atoms with Crippen molar-refractivity contribution < 1.29 is 19.1 Å². The number of hydrogen-bond acceptors (Lipinski definition) is 8. The van der Waals surface area contributed by atoms with Gasteiger partial charge in [-0.1, -0.05) is 12.1 Å². The van der Waals surface area contributed by atoms with Crippen LogP contribution in [0.3, 0.4) is 0 Å². The fraction of sp³-hybridized carbons (Fsp3) is 0.154. The summed E-state index contributed by atoms with van der Waals surface area (Å²) in [5.74, 6) is -0.0793. The van der Waals surface area contributed by atoms with Crippen LogP contribution in [0.25, 0.3) is 0 Å². The minimum atomic E-state index is -0.774. The van der Waals surface area contributed by atoms with Crippen LogP contribution in [0, 0.1) is 0 Å². The molecule has 1 aliphatic rings. The topological polar surface area (TPSA) is 126 Å². The standard InChI is InChI=1S/C26H22N6O4S/c1-36-18-7-10-28-22(13-18)31-24(33)20-6-5-16(14-29-20)15-32-21(12-17-4-2-3-9-27-17)25(34)30-19-8-11-37-23(19)26(32)35/h2-11,13-14,21H,12,15H2,1H3,(H,30,34)(H,28,31,33). The summed E-state index contributed by atoms with van der Waals surface area (Å²) in [6.07, 6.45) is 4.97. The second kappa shape index (κ2) is 10.5. The molecule has 5 rings (SSSR count). The number of carbonyl (C=O) groups excluding carboxylic acids is 3. The first kappa shape index (κ1) is 24.1. The van der Waals surface area contributed by atoms with Crippen molar-refractivity contribution in [2.24, 2.45) is 0 Å². The van der Waals surface area contributed by atoms with Crippen molar-refractivity contribution in [3.05, 3.63) is 94.3 Å². The Hall–Kier alpha value is -4.64. The van der Waals surface area contributed by atoms with Gasteiger partial charge in [0.2, 0.25) is 5.91 Å². The van der Waals surface area contributed by atoms with E-state index in [0.717, 1.165) is 0 Å². The summed E-state index contributed by atoms with van der Waals surface area (Å²) < 4.78 is 5.15. The summed E-state index contributed by atoms with van der Waals surface area (Å²) in [5.41, 5.74) is 2.05. The summed E-state index contributed by atoms with van der Waals surface area (Å²) >= 11 is 1.28. The minimum Gasteiger partial charge on any atom is -0.497 e. The molecule has 186 valence electrons. The van der Waals surface area contributed by atoms with Crippen molar-refractivity contribution >= 4 is 40.6 Å². The van der Waals surface area contributed by atoms with E-state index < -0.39 is 11.9 Å². The largest absolute Gasteiger partial charge is 0.497 e. The quantitative estimate of drug-likeness (QED) is 0.387. The third kappa shape index (κ3) is 5.31. The second-order valence-electron chi connectivity index (χ2n) is 8.21. The summed E-state index contributed by atoms with van der Waals surface area (Å²) in [4.78, 5) is 54.0. The van der Waals surface area contributed by atoms with Crippen molar-refractivity contribution in [1.29, 1.82) is 0 Å². The first-order valence-electron chi connectivity index (χ1n) is 11.4. The number of carbonyl (C=O) groups is 3. The van der Waals surface area contributed by atoms with Gasteiger partial charge >= 0.3 is 0 Å². The molecule has 0 aliphatic carbocycles. The van der Waals surface area contributed by atoms with Crippen LogP contribution in [-0.4, -0.2) is 50.7 Å². The Labute approximate surface area is 216 Å². The smallest absolute Gasteiger partial charge is 0.275 e. The molecular formula is C26H22N6O4S. The van der Waals surface area contributed by atoms with Crippen molar-refractivity contribution in [1.82, 2.24) is 19.9 Å². The van der Waals surface area contributed by atoms with E-state index in [9.17, 15) is 14.4 Å². The van der Waals surface area contributed by atoms with Gasteiger partial charge in [0.05, 0.1) is 12.8 Å². The van der Waals surface area contributed by atoms with Gasteiger partial charge < -0.3 is 20.3 Å². The zero-order valence-electron chi connectivity index (χ0n) is 19.7. The van der Waals surface area contributed by atoms with Crippen LogP contribution in [0.4, 0.5) is 11.5 Å². The Bertz CT molecular complexity index is 1440. The van der Waals surface area contributed by atoms with Crippen molar-refractivity contribution in [2.75, 3.05) is 17.7 Å². The van der Waals surface area contributed by atoms with Crippen LogP contribution in [0.5, 0.6) is 5.75 Å². The van der Waals surface area contributed by atoms with Gasteiger partial charge in [-0.3, -0.25) is 24.4 Å². The number of nitrogens with one attached hydrogen (secondary N) is 2. The van der Waals surface area contributed by atoms with E-state index in [4.69, 9.17) is 4.74 Å². The molecule has 0 spiro atoms. The zero-order valence-corrected chi connectivity index (χ0v) is 20.6. The highest BCUT2D eigenvalue weighted by Crippen LogP contribution is 2.30. The molecule has 4 aromatic rings. The van der Waals surface area contributed by atoms with E-state index >= 15 is 0 Å². The molecule has 0 aromatic carbocycles. The van der Waals surface area contributed by atoms with E-state index in [0.29, 0.717) is 33.4 Å². The number of hydrogen-bond donors (Lipinski definition) is 2. The lowest BCUT2D eigenvalue weighted by atomic mass is 10.1. The predicted molar refractivity (Wildman–Crippen MR) is 138 cm³/mol. The number of thiophene rings is 1. The number of nitrogens with zero attached hydrogens (tertiary/aromatic N) is 4. The van der Waals surface area contributed by atoms with Crippen LogP contribution in [0.2, 0.25) is 0 Å². The van der Waals surface area contributed by atoms with E-state index in [1.165, 1.54) is 35.7 Å². The second-order valence-corrected chi connectivity index (χ2v) is 9.13. The number of aromatic nitrogens is 3. The van der Waals surface area contributed by atoms with Gasteiger partial charge in [0, 0.05) is 43.3 Å². The normalized spacial score (nSPS) is 14.9. The monoisotopic (exact) mass is 514 g/mol. The lowest BCUT2D eigenvalue weighted by Crippen LogP contribution is -2.46. The predicted octanol–water partition coefficient (Wildman–Crippen LogP) is 3.40. The molecule has 0 saturated heterocycles. The average Bonchev–Trinajstić information content (AvgIpc) is 3.36. The SMILES string of the molecule is COc1ccnc(NC(=O)c2ccc(CN3C(=O)c4sccc4NC(=O)C3Cc3ccccn3)cn2)c1. The van der Waals surface area contributed by atoms with Gasteiger partial charge in [-0.05, 0) is 41.3 Å². The lowest BCUT2D eigenvalue weighted by molar-refractivity contribution is -0.120. The molecule has 1 atom stereocenters. The van der Waals surface area contributed by atoms with Gasteiger partial charge in [-0.25, -0.2) is 4.98 Å². The summed E-state index contributed by atoms with van der Waals surface area (Å²) in [7, 11) is 1.53. The van der Waals surface area contributed by atoms with Gasteiger partial charge in [0.1, 0.15) is 28.2 Å². The maximum atomic E-state index is 13.5. The third-order valence-corrected chi connectivity index (χ3v) is 6.71. The number of amides is 3. The molecular weight excluding hydrogens is 492 g/mol. The molecule has 37 heavy (non-hydrogen) atoms. The van der Waals surface area contributed by atoms with E-state index in [2.05, 4.69) is 25.6 Å². The number of rotatable bonds is 7. The molecule has 5 heterocycles. The molecule has 0 fully saturated rings. The minimum absolute atomic E-state index is 0.132. The van der Waals surface area contributed by atoms with Gasteiger partial charge in [-0.15, -0.1) is 11.3 Å². The Balaban J connectivity index is 1.37. The zero-order chi connectivity index (χ0) is 25.8. The summed E-state index contributed by atoms with van der Waals surface area (Å²) in [6, 6.07) is 13.0. The van der Waals surface area contributed by atoms with E-state index in [1.807, 2.05) is 12.1 Å². The highest BCUT2D eigenvalue weighted by Gasteiger charge is 2.36. The van der Waals surface area contributed by atoms with Crippen molar-refractivity contribution in [2.45, 2.75) is 19.0 Å². The molecule has 10 nitrogen and oxygen atoms in total. The fourth-order valence-corrected chi connectivity index (χ4v) is 4.74. The summed E-state index contributed by atoms with van der Waals surface area (Å²) in [6.45, 7) is 0.132. The highest BCUT2D eigenvalue weighted by molar-refractivity contribution is 7.12. The molecule has 2 N–H and O–H groups in total. The molecule has 0 bridgehead atoms. The van der Waals surface area contributed by atoms with Crippen LogP contribution < -0.4 is 15.4 Å². The average molecular weight is 515 g/mol. The van der Waals surface area contributed by atoms with Crippen LogP contribution in [0.1, 0.15) is 31.4 Å². The summed E-state index contributed by atoms with van der Waals surface area (Å²) in [5, 5.41) is 7.32. The fourth-order valence-electron chi connectivity index (χ4n) is 3.94. The maximum Gasteiger partial charge on any atom is 0.275 e. The molecule has 4 aromatic heterocycles. The van der Waals surface area contributed by atoms with Gasteiger partial charge in [0.15, 0.2) is 0 Å². The van der Waals surface area contributed by atoms with Crippen LogP contribution in [0.15, 0.2) is 72.5 Å². The highest BCUT2D eigenvalue weighted by atomic mass is 32.1. The molecule has 1 unspecified atom stereocenters. The molecule has 0 saturated carbocycles. The van der Waals surface area contributed by atoms with Gasteiger partial charge in [0.25, 0.3) is 11.8 Å². The Kier molecular flexibility index (Phi) is 6.86. The molecule has 1 aliphatic heterocycles. The first-order valence-corrected chi connectivity index (χ1v) is 12.3. The van der Waals surface area contributed by atoms with Crippen LogP contribution in [-0.2, 0) is 17.8 Å². The van der Waals surface area contributed by atoms with E-state index in [-0.39, 0.29) is 30.5 Å². The number of methoxy groups -OCH3 is 1.